The fourth-order valence-corrected chi connectivity index (χ4v) is 5.78. The van der Waals surface area contributed by atoms with Crippen molar-refractivity contribution >= 4 is 5.97 Å². The van der Waals surface area contributed by atoms with Gasteiger partial charge in [0.15, 0.2) is 0 Å². The monoisotopic (exact) mass is 550 g/mol. The molecule has 0 spiro atoms. The van der Waals surface area contributed by atoms with E-state index in [4.69, 9.17) is 4.74 Å². The van der Waals surface area contributed by atoms with Gasteiger partial charge < -0.3 is 4.74 Å². The van der Waals surface area contributed by atoms with Crippen molar-refractivity contribution in [1.82, 2.24) is 0 Å². The molecule has 0 N–H and O–H groups in total. The van der Waals surface area contributed by atoms with Crippen LogP contribution < -0.4 is 0 Å². The van der Waals surface area contributed by atoms with Crippen LogP contribution in [0.4, 0.5) is 0 Å². The topological polar surface area (TPSA) is 26.3 Å². The Balaban J connectivity index is 2.01. The van der Waals surface area contributed by atoms with Crippen LogP contribution in [0.1, 0.15) is 144 Å². The number of allylic oxidation sites excluding steroid dienone is 10. The Kier molecular flexibility index (Phi) is 20.3. The minimum absolute atomic E-state index is 0.0520. The van der Waals surface area contributed by atoms with Crippen LogP contribution in [0.5, 0.6) is 0 Å². The zero-order valence-electron chi connectivity index (χ0n) is 26.9. The summed E-state index contributed by atoms with van der Waals surface area (Å²) in [5, 5.41) is 0. The molecule has 0 aromatic heterocycles. The molecule has 226 valence electrons. The van der Waals surface area contributed by atoms with Crippen molar-refractivity contribution < 1.29 is 9.53 Å². The number of esters is 1. The summed E-state index contributed by atoms with van der Waals surface area (Å²) in [4.78, 5) is 12.1. The summed E-state index contributed by atoms with van der Waals surface area (Å²) in [6.45, 7) is 15.7. The summed E-state index contributed by atoms with van der Waals surface area (Å²) in [5.74, 6) is 0.661. The minimum atomic E-state index is -0.0520. The summed E-state index contributed by atoms with van der Waals surface area (Å²) in [5.41, 5.74) is 4.83. The fraction of sp³-hybridized carbons (Fsp3) is 0.658. The second kappa shape index (κ2) is 22.6. The maximum absolute atomic E-state index is 12.1. The van der Waals surface area contributed by atoms with Crippen LogP contribution in [0, 0.1) is 11.3 Å². The Labute approximate surface area is 248 Å². The summed E-state index contributed by atoms with van der Waals surface area (Å²) in [6.07, 6.45) is 37.1. The maximum atomic E-state index is 12.1. The number of carbonyl (C=O) groups is 1. The van der Waals surface area contributed by atoms with Crippen molar-refractivity contribution in [2.75, 3.05) is 6.61 Å². The van der Waals surface area contributed by atoms with Gasteiger partial charge >= 0.3 is 5.97 Å². The third kappa shape index (κ3) is 18.3. The molecule has 0 radical (unpaired) electrons. The summed E-state index contributed by atoms with van der Waals surface area (Å²) in [6, 6.07) is 0. The molecule has 1 unspecified atom stereocenters. The number of ether oxygens (including phenoxy) is 1. The lowest BCUT2D eigenvalue weighted by Gasteiger charge is -2.38. The second-order valence-electron chi connectivity index (χ2n) is 12.7. The van der Waals surface area contributed by atoms with Crippen LogP contribution >= 0.6 is 0 Å². The highest BCUT2D eigenvalue weighted by atomic mass is 16.5. The first-order valence-electron chi connectivity index (χ1n) is 16.3. The van der Waals surface area contributed by atoms with Gasteiger partial charge in [-0.1, -0.05) is 125 Å². The van der Waals surface area contributed by atoms with E-state index < -0.39 is 0 Å². The molecule has 1 aliphatic carbocycles. The van der Waals surface area contributed by atoms with Crippen LogP contribution in [0.3, 0.4) is 0 Å². The van der Waals surface area contributed by atoms with Crippen LogP contribution in [-0.4, -0.2) is 12.6 Å². The number of hydrogen-bond acceptors (Lipinski definition) is 2. The molecule has 0 aromatic rings. The van der Waals surface area contributed by atoms with E-state index in [9.17, 15) is 4.79 Å². The van der Waals surface area contributed by atoms with Crippen LogP contribution in [0.15, 0.2) is 71.9 Å². The molecule has 0 aromatic carbocycles. The zero-order valence-corrected chi connectivity index (χ0v) is 26.9. The molecule has 0 saturated carbocycles. The minimum Gasteiger partial charge on any atom is -0.461 e. The Bertz CT molecular complexity index is 849. The number of hydrogen-bond donors (Lipinski definition) is 0. The number of rotatable bonds is 22. The molecular weight excluding hydrogens is 488 g/mol. The lowest BCUT2D eigenvalue weighted by atomic mass is 9.67. The molecule has 1 aliphatic rings. The second-order valence-corrected chi connectivity index (χ2v) is 12.7. The molecule has 0 fully saturated rings. The standard InChI is InChI=1S/C38H62O2/c1-7-8-9-10-11-12-13-14-15-16-17-18-19-20-21-27-37(39)40-32-30-34(3)25-22-24-33(2)28-29-36-35(4)26-23-31-38(36,5)6/h7-11,24,26,30,36H,1,12-23,25,27-29,31-32H2,2-6H3. The normalized spacial score (nSPS) is 17.9. The Morgan fingerprint density at radius 2 is 1.52 bits per heavy atom. The van der Waals surface area contributed by atoms with Crippen molar-refractivity contribution in [2.24, 2.45) is 11.3 Å². The Morgan fingerprint density at radius 1 is 0.875 bits per heavy atom. The smallest absolute Gasteiger partial charge is 0.306 e. The Morgan fingerprint density at radius 3 is 2.20 bits per heavy atom. The molecule has 0 bridgehead atoms. The molecule has 40 heavy (non-hydrogen) atoms. The molecule has 2 heteroatoms. The maximum Gasteiger partial charge on any atom is 0.306 e. The molecular formula is C38H62O2. The van der Waals surface area contributed by atoms with Crippen molar-refractivity contribution in [3.8, 4) is 0 Å². The summed E-state index contributed by atoms with van der Waals surface area (Å²) in [7, 11) is 0. The summed E-state index contributed by atoms with van der Waals surface area (Å²) >= 11 is 0. The van der Waals surface area contributed by atoms with Crippen molar-refractivity contribution in [1.29, 1.82) is 0 Å². The summed E-state index contributed by atoms with van der Waals surface area (Å²) < 4.78 is 5.45. The molecule has 0 aliphatic heterocycles. The van der Waals surface area contributed by atoms with Gasteiger partial charge in [0.2, 0.25) is 0 Å². The van der Waals surface area contributed by atoms with Gasteiger partial charge in [-0.2, -0.15) is 0 Å². The van der Waals surface area contributed by atoms with Gasteiger partial charge in [-0.05, 0) is 96.0 Å². The van der Waals surface area contributed by atoms with E-state index in [1.165, 1.54) is 88.2 Å². The predicted molar refractivity (Wildman–Crippen MR) is 176 cm³/mol. The Hall–Kier alpha value is -2.09. The largest absolute Gasteiger partial charge is 0.461 e. The average Bonchev–Trinajstić information content (AvgIpc) is 2.90. The third-order valence-electron chi connectivity index (χ3n) is 8.53. The molecule has 0 heterocycles. The quantitative estimate of drug-likeness (QED) is 0.0580. The van der Waals surface area contributed by atoms with Gasteiger partial charge in [-0.3, -0.25) is 4.79 Å². The number of unbranched alkanes of at least 4 members (excludes halogenated alkanes) is 9. The van der Waals surface area contributed by atoms with Gasteiger partial charge in [0.25, 0.3) is 0 Å². The van der Waals surface area contributed by atoms with Gasteiger partial charge in [0.1, 0.15) is 6.61 Å². The van der Waals surface area contributed by atoms with Crippen molar-refractivity contribution in [3.05, 3.63) is 71.9 Å². The first-order chi connectivity index (χ1) is 19.3. The highest BCUT2D eigenvalue weighted by Gasteiger charge is 2.32. The van der Waals surface area contributed by atoms with E-state index in [0.717, 1.165) is 25.7 Å². The highest BCUT2D eigenvalue weighted by molar-refractivity contribution is 5.69. The van der Waals surface area contributed by atoms with E-state index in [1.54, 1.807) is 11.6 Å². The number of carbonyl (C=O) groups excluding carboxylic acids is 1. The molecule has 0 saturated heterocycles. The van der Waals surface area contributed by atoms with Gasteiger partial charge in [0, 0.05) is 6.42 Å². The van der Waals surface area contributed by atoms with E-state index in [-0.39, 0.29) is 5.97 Å². The average molecular weight is 551 g/mol. The first-order valence-corrected chi connectivity index (χ1v) is 16.3. The first kappa shape index (κ1) is 35.9. The molecule has 1 atom stereocenters. The van der Waals surface area contributed by atoms with E-state index in [1.807, 2.05) is 12.2 Å². The lowest BCUT2D eigenvalue weighted by molar-refractivity contribution is -0.142. The molecule has 2 nitrogen and oxygen atoms in total. The molecule has 1 rings (SSSR count). The van der Waals surface area contributed by atoms with E-state index in [2.05, 4.69) is 71.6 Å². The fourth-order valence-electron chi connectivity index (χ4n) is 5.78. The lowest BCUT2D eigenvalue weighted by Crippen LogP contribution is -2.27. The van der Waals surface area contributed by atoms with E-state index in [0.29, 0.717) is 24.4 Å². The third-order valence-corrected chi connectivity index (χ3v) is 8.53. The predicted octanol–water partition coefficient (Wildman–Crippen LogP) is 12.0. The highest BCUT2D eigenvalue weighted by Crippen LogP contribution is 2.43. The van der Waals surface area contributed by atoms with E-state index >= 15 is 0 Å². The van der Waals surface area contributed by atoms with Crippen LogP contribution in [0.25, 0.3) is 0 Å². The van der Waals surface area contributed by atoms with Gasteiger partial charge in [0.05, 0.1) is 0 Å². The van der Waals surface area contributed by atoms with Crippen molar-refractivity contribution in [2.45, 2.75) is 144 Å². The van der Waals surface area contributed by atoms with Crippen molar-refractivity contribution in [3.63, 3.8) is 0 Å². The zero-order chi connectivity index (χ0) is 29.5. The van der Waals surface area contributed by atoms with Gasteiger partial charge in [-0.25, -0.2) is 0 Å². The SMILES string of the molecule is C=CC=CC=CCCCCCCCCCCCC(=O)OCC=C(C)CCC=C(C)CCC1C(C)=CCCC1(C)C. The van der Waals surface area contributed by atoms with Gasteiger partial charge in [-0.15, -0.1) is 0 Å². The van der Waals surface area contributed by atoms with Crippen LogP contribution in [0.2, 0.25) is 0 Å². The molecule has 0 amide bonds. The van der Waals surface area contributed by atoms with Crippen LogP contribution in [-0.2, 0) is 9.53 Å².